The normalized spacial score (nSPS) is 10.8. The molecule has 0 fully saturated rings. The first-order valence-corrected chi connectivity index (χ1v) is 8.71. The van der Waals surface area contributed by atoms with E-state index in [1.54, 1.807) is 29.8 Å². The summed E-state index contributed by atoms with van der Waals surface area (Å²) in [6.07, 6.45) is 0. The highest BCUT2D eigenvalue weighted by Crippen LogP contribution is 2.27. The molecular weight excluding hydrogens is 350 g/mol. The maximum absolute atomic E-state index is 12.4. The van der Waals surface area contributed by atoms with Crippen molar-refractivity contribution in [2.75, 3.05) is 12.4 Å². The summed E-state index contributed by atoms with van der Waals surface area (Å²) in [7, 11) is 1.54. The molecule has 0 atom stereocenters. The zero-order valence-electron chi connectivity index (χ0n) is 14.1. The number of nitrogens with zero attached hydrogens (tertiary/aromatic N) is 4. The number of aryl methyl sites for hydroxylation is 1. The summed E-state index contributed by atoms with van der Waals surface area (Å²) in [5.41, 5.74) is 2.14. The second kappa shape index (κ2) is 6.57. The van der Waals surface area contributed by atoms with E-state index in [0.29, 0.717) is 17.0 Å². The summed E-state index contributed by atoms with van der Waals surface area (Å²) in [5, 5.41) is 16.3. The van der Waals surface area contributed by atoms with Gasteiger partial charge in [-0.1, -0.05) is 23.5 Å². The summed E-state index contributed by atoms with van der Waals surface area (Å²) in [6.45, 7) is 1.86. The van der Waals surface area contributed by atoms with Crippen LogP contribution >= 0.6 is 11.3 Å². The van der Waals surface area contributed by atoms with E-state index in [0.717, 1.165) is 21.4 Å². The monoisotopic (exact) mass is 365 g/mol. The van der Waals surface area contributed by atoms with Gasteiger partial charge in [-0.05, 0) is 43.3 Å². The summed E-state index contributed by atoms with van der Waals surface area (Å²) < 4.78 is 6.95. The minimum absolute atomic E-state index is 0.218. The fourth-order valence-electron chi connectivity index (χ4n) is 2.56. The molecule has 0 aliphatic carbocycles. The molecular formula is C18H15N5O2S. The van der Waals surface area contributed by atoms with Crippen LogP contribution in [0.4, 0.5) is 5.69 Å². The molecule has 4 aromatic rings. The average Bonchev–Trinajstić information content (AvgIpc) is 3.24. The lowest BCUT2D eigenvalue weighted by atomic mass is 10.1. The van der Waals surface area contributed by atoms with Crippen molar-refractivity contribution in [3.63, 3.8) is 0 Å². The molecule has 130 valence electrons. The Labute approximate surface area is 153 Å². The van der Waals surface area contributed by atoms with E-state index in [4.69, 9.17) is 4.74 Å². The number of fused-ring (bicyclic) bond motifs is 1. The molecule has 0 radical (unpaired) electrons. The highest BCUT2D eigenvalue weighted by Gasteiger charge is 2.13. The maximum Gasteiger partial charge on any atom is 0.259 e. The third kappa shape index (κ3) is 2.91. The molecule has 1 N–H and O–H groups in total. The fourth-order valence-corrected chi connectivity index (χ4v) is 3.45. The van der Waals surface area contributed by atoms with Gasteiger partial charge in [-0.3, -0.25) is 4.79 Å². The van der Waals surface area contributed by atoms with Gasteiger partial charge in [-0.25, -0.2) is 0 Å². The van der Waals surface area contributed by atoms with Crippen LogP contribution in [0.5, 0.6) is 5.75 Å². The predicted molar refractivity (Wildman–Crippen MR) is 99.8 cm³/mol. The third-order valence-corrected chi connectivity index (χ3v) is 4.84. The number of ether oxygens (including phenoxy) is 1. The van der Waals surface area contributed by atoms with Crippen molar-refractivity contribution in [3.05, 3.63) is 59.9 Å². The van der Waals surface area contributed by atoms with Crippen LogP contribution in [0, 0.1) is 6.92 Å². The molecule has 0 saturated carbocycles. The molecule has 4 rings (SSSR count). The number of aromatic nitrogens is 4. The fraction of sp³-hybridized carbons (Fsp3) is 0.111. The molecule has 26 heavy (non-hydrogen) atoms. The van der Waals surface area contributed by atoms with Crippen LogP contribution in [-0.2, 0) is 0 Å². The van der Waals surface area contributed by atoms with Gasteiger partial charge in [0.15, 0.2) is 5.82 Å². The Morgan fingerprint density at radius 1 is 1.12 bits per heavy atom. The maximum atomic E-state index is 12.4. The summed E-state index contributed by atoms with van der Waals surface area (Å²) in [5.74, 6) is 1.07. The molecule has 0 saturated heterocycles. The zero-order chi connectivity index (χ0) is 18.1. The minimum Gasteiger partial charge on any atom is -0.496 e. The summed E-state index contributed by atoms with van der Waals surface area (Å²) in [4.78, 5) is 13.2. The van der Waals surface area contributed by atoms with E-state index in [-0.39, 0.29) is 5.91 Å². The second-order valence-corrected chi connectivity index (χ2v) is 6.54. The Hall–Kier alpha value is -3.26. The molecule has 1 amide bonds. The molecule has 7 nitrogen and oxygen atoms in total. The largest absolute Gasteiger partial charge is 0.496 e. The van der Waals surface area contributed by atoms with Gasteiger partial charge in [-0.2, -0.15) is 9.61 Å². The van der Waals surface area contributed by atoms with Gasteiger partial charge in [-0.15, -0.1) is 10.2 Å². The Balaban J connectivity index is 1.55. The van der Waals surface area contributed by atoms with Crippen LogP contribution in [0.3, 0.4) is 0 Å². The molecule has 0 bridgehead atoms. The van der Waals surface area contributed by atoms with Gasteiger partial charge in [0, 0.05) is 11.3 Å². The standard InChI is InChI=1S/C18H15N5O2S/c1-11-20-21-18-23(11)22-17(26-18)12-7-9-13(10-8-12)19-16(24)14-5-3-4-6-15(14)25-2/h3-10H,1-2H3,(H,19,24). The van der Waals surface area contributed by atoms with Crippen molar-refractivity contribution in [1.29, 1.82) is 0 Å². The molecule has 0 spiro atoms. The van der Waals surface area contributed by atoms with Gasteiger partial charge in [0.25, 0.3) is 5.91 Å². The Kier molecular flexibility index (Phi) is 4.10. The number of nitrogens with one attached hydrogen (secondary N) is 1. The van der Waals surface area contributed by atoms with E-state index in [2.05, 4.69) is 20.6 Å². The third-order valence-electron chi connectivity index (χ3n) is 3.89. The number of amides is 1. The highest BCUT2D eigenvalue weighted by atomic mass is 32.1. The number of benzene rings is 2. The van der Waals surface area contributed by atoms with Crippen molar-refractivity contribution in [2.45, 2.75) is 6.92 Å². The van der Waals surface area contributed by atoms with Crippen molar-refractivity contribution >= 4 is 27.9 Å². The molecule has 0 aliphatic rings. The Morgan fingerprint density at radius 2 is 1.88 bits per heavy atom. The van der Waals surface area contributed by atoms with E-state index in [1.165, 1.54) is 11.3 Å². The molecule has 2 aromatic heterocycles. The lowest BCUT2D eigenvalue weighted by molar-refractivity contribution is 0.102. The second-order valence-electron chi connectivity index (χ2n) is 5.58. The number of methoxy groups -OCH3 is 1. The van der Waals surface area contributed by atoms with Crippen molar-refractivity contribution in [3.8, 4) is 16.3 Å². The van der Waals surface area contributed by atoms with Crippen molar-refractivity contribution in [1.82, 2.24) is 19.8 Å². The molecule has 8 heteroatoms. The van der Waals surface area contributed by atoms with Gasteiger partial charge in [0.1, 0.15) is 10.8 Å². The number of para-hydroxylation sites is 1. The number of carbonyl (C=O) groups is 1. The average molecular weight is 365 g/mol. The molecule has 2 heterocycles. The lowest BCUT2D eigenvalue weighted by Crippen LogP contribution is -2.12. The van der Waals surface area contributed by atoms with E-state index >= 15 is 0 Å². The number of hydrogen-bond donors (Lipinski definition) is 1. The zero-order valence-corrected chi connectivity index (χ0v) is 14.9. The SMILES string of the molecule is COc1ccccc1C(=O)Nc1ccc(-c2nn3c(C)nnc3s2)cc1. The van der Waals surface area contributed by atoms with Crippen LogP contribution in [-0.4, -0.2) is 32.8 Å². The first-order chi connectivity index (χ1) is 12.7. The smallest absolute Gasteiger partial charge is 0.259 e. The Morgan fingerprint density at radius 3 is 2.62 bits per heavy atom. The number of anilines is 1. The van der Waals surface area contributed by atoms with Crippen LogP contribution < -0.4 is 10.1 Å². The van der Waals surface area contributed by atoms with E-state index in [1.807, 2.05) is 37.3 Å². The van der Waals surface area contributed by atoms with Crippen LogP contribution in [0.1, 0.15) is 16.2 Å². The van der Waals surface area contributed by atoms with Gasteiger partial charge < -0.3 is 10.1 Å². The van der Waals surface area contributed by atoms with Crippen molar-refractivity contribution in [2.24, 2.45) is 0 Å². The number of rotatable bonds is 4. The quantitative estimate of drug-likeness (QED) is 0.599. The first kappa shape index (κ1) is 16.2. The van der Waals surface area contributed by atoms with Crippen LogP contribution in [0.15, 0.2) is 48.5 Å². The Bertz CT molecular complexity index is 1080. The first-order valence-electron chi connectivity index (χ1n) is 7.89. The van der Waals surface area contributed by atoms with Crippen LogP contribution in [0.25, 0.3) is 15.5 Å². The number of carbonyl (C=O) groups excluding carboxylic acids is 1. The van der Waals surface area contributed by atoms with Gasteiger partial charge >= 0.3 is 0 Å². The molecule has 0 unspecified atom stereocenters. The lowest BCUT2D eigenvalue weighted by Gasteiger charge is -2.09. The topological polar surface area (TPSA) is 81.4 Å². The molecule has 0 aliphatic heterocycles. The minimum atomic E-state index is -0.218. The van der Waals surface area contributed by atoms with E-state index in [9.17, 15) is 4.79 Å². The van der Waals surface area contributed by atoms with Gasteiger partial charge in [0.05, 0.1) is 12.7 Å². The van der Waals surface area contributed by atoms with Crippen molar-refractivity contribution < 1.29 is 9.53 Å². The summed E-state index contributed by atoms with van der Waals surface area (Å²) in [6, 6.07) is 14.6. The highest BCUT2D eigenvalue weighted by molar-refractivity contribution is 7.19. The van der Waals surface area contributed by atoms with E-state index < -0.39 is 0 Å². The van der Waals surface area contributed by atoms with Crippen LogP contribution in [0.2, 0.25) is 0 Å². The summed E-state index contributed by atoms with van der Waals surface area (Å²) >= 11 is 1.47. The molecule has 2 aromatic carbocycles. The predicted octanol–water partition coefficient (Wildman–Crippen LogP) is 3.42. The van der Waals surface area contributed by atoms with Gasteiger partial charge in [0.2, 0.25) is 4.96 Å². The number of hydrogen-bond acceptors (Lipinski definition) is 6.